The number of hydrogen-bond donors (Lipinski definition) is 2. The summed E-state index contributed by atoms with van der Waals surface area (Å²) in [5.41, 5.74) is 5.87. The average Bonchev–Trinajstić information content (AvgIpc) is 2.66. The number of rotatable bonds is 5. The van der Waals surface area contributed by atoms with Gasteiger partial charge >= 0.3 is 0 Å². The maximum atomic E-state index is 5.80. The van der Waals surface area contributed by atoms with E-state index in [-0.39, 0.29) is 17.9 Å². The van der Waals surface area contributed by atoms with Gasteiger partial charge in [0.2, 0.25) is 0 Å². The summed E-state index contributed by atoms with van der Waals surface area (Å²) in [5, 5.41) is 3.58. The first-order valence-electron chi connectivity index (χ1n) is 5.61. The minimum absolute atomic E-state index is 0. The Morgan fingerprint density at radius 2 is 2.20 bits per heavy atom. The van der Waals surface area contributed by atoms with Gasteiger partial charge in [0.05, 0.1) is 6.61 Å². The molecular weight excluding hydrogens is 212 g/mol. The van der Waals surface area contributed by atoms with Gasteiger partial charge in [0.25, 0.3) is 0 Å². The molecule has 1 rings (SSSR count). The molecule has 0 amide bonds. The number of hydrogen-bond acceptors (Lipinski definition) is 3. The van der Waals surface area contributed by atoms with Crippen molar-refractivity contribution < 1.29 is 4.74 Å². The van der Waals surface area contributed by atoms with Gasteiger partial charge < -0.3 is 15.8 Å². The van der Waals surface area contributed by atoms with Crippen LogP contribution in [0, 0.1) is 11.8 Å². The Bertz CT molecular complexity index is 172. The summed E-state index contributed by atoms with van der Waals surface area (Å²) in [5.74, 6) is 1.24. The molecule has 0 saturated carbocycles. The molecule has 3 nitrogen and oxygen atoms in total. The van der Waals surface area contributed by atoms with Gasteiger partial charge in [-0.25, -0.2) is 0 Å². The topological polar surface area (TPSA) is 47.3 Å². The van der Waals surface area contributed by atoms with Crippen molar-refractivity contribution in [2.45, 2.75) is 32.7 Å². The van der Waals surface area contributed by atoms with Crippen molar-refractivity contribution in [3.63, 3.8) is 0 Å². The Morgan fingerprint density at radius 1 is 1.53 bits per heavy atom. The van der Waals surface area contributed by atoms with Gasteiger partial charge in [0.15, 0.2) is 0 Å². The van der Waals surface area contributed by atoms with Crippen molar-refractivity contribution in [3.8, 4) is 0 Å². The van der Waals surface area contributed by atoms with Crippen LogP contribution < -0.4 is 11.1 Å². The third-order valence-electron chi connectivity index (χ3n) is 3.52. The van der Waals surface area contributed by atoms with Crippen LogP contribution in [0.5, 0.6) is 0 Å². The van der Waals surface area contributed by atoms with Crippen molar-refractivity contribution in [1.82, 2.24) is 5.32 Å². The van der Waals surface area contributed by atoms with E-state index in [4.69, 9.17) is 10.5 Å². The zero-order valence-electron chi connectivity index (χ0n) is 10.1. The smallest absolute Gasteiger partial charge is 0.0507 e. The third-order valence-corrected chi connectivity index (χ3v) is 3.52. The second-order valence-electron chi connectivity index (χ2n) is 4.89. The molecule has 1 fully saturated rings. The minimum atomic E-state index is 0. The Hall–Kier alpha value is 0.170. The summed E-state index contributed by atoms with van der Waals surface area (Å²) in [7, 11) is 0. The predicted molar refractivity (Wildman–Crippen MR) is 66.5 cm³/mol. The van der Waals surface area contributed by atoms with Crippen LogP contribution in [0.1, 0.15) is 27.2 Å². The second-order valence-corrected chi connectivity index (χ2v) is 4.89. The molecule has 2 unspecified atom stereocenters. The molecule has 1 aliphatic rings. The lowest BCUT2D eigenvalue weighted by Gasteiger charge is -2.34. The first-order chi connectivity index (χ1) is 6.58. The van der Waals surface area contributed by atoms with Gasteiger partial charge in [-0.1, -0.05) is 13.8 Å². The monoisotopic (exact) mass is 236 g/mol. The molecule has 0 bridgehead atoms. The maximum Gasteiger partial charge on any atom is 0.0507 e. The highest BCUT2D eigenvalue weighted by Gasteiger charge is 2.27. The molecule has 2 atom stereocenters. The zero-order valence-corrected chi connectivity index (χ0v) is 10.9. The first-order valence-corrected chi connectivity index (χ1v) is 5.61. The molecule has 1 saturated heterocycles. The van der Waals surface area contributed by atoms with Crippen molar-refractivity contribution in [2.75, 3.05) is 26.3 Å². The van der Waals surface area contributed by atoms with Crippen LogP contribution >= 0.6 is 12.4 Å². The Balaban J connectivity index is 0.00000196. The number of nitrogens with two attached hydrogens (primary N) is 1. The van der Waals surface area contributed by atoms with E-state index in [0.29, 0.717) is 18.4 Å². The van der Waals surface area contributed by atoms with Crippen molar-refractivity contribution in [3.05, 3.63) is 0 Å². The molecule has 92 valence electrons. The van der Waals surface area contributed by atoms with Gasteiger partial charge in [-0.2, -0.15) is 0 Å². The Kier molecular flexibility index (Phi) is 6.76. The predicted octanol–water partition coefficient (Wildman–Crippen LogP) is 1.41. The van der Waals surface area contributed by atoms with Crippen LogP contribution in [-0.2, 0) is 4.74 Å². The van der Waals surface area contributed by atoms with Crippen LogP contribution in [0.4, 0.5) is 0 Å². The van der Waals surface area contributed by atoms with Crippen molar-refractivity contribution >= 4 is 12.4 Å². The molecule has 3 N–H and O–H groups in total. The van der Waals surface area contributed by atoms with E-state index < -0.39 is 0 Å². The quantitative estimate of drug-likeness (QED) is 0.759. The average molecular weight is 237 g/mol. The fraction of sp³-hybridized carbons (Fsp3) is 1.00. The minimum Gasteiger partial charge on any atom is -0.381 e. The van der Waals surface area contributed by atoms with Gasteiger partial charge in [0.1, 0.15) is 0 Å². The third kappa shape index (κ3) is 4.27. The Labute approximate surface area is 99.5 Å². The Morgan fingerprint density at radius 3 is 2.60 bits per heavy atom. The molecule has 0 aromatic heterocycles. The normalized spacial score (nSPS) is 25.0. The molecule has 0 spiro atoms. The summed E-state index contributed by atoms with van der Waals surface area (Å²) < 4.78 is 5.35. The van der Waals surface area contributed by atoms with Crippen LogP contribution in [0.25, 0.3) is 0 Å². The fourth-order valence-electron chi connectivity index (χ4n) is 1.63. The molecule has 0 aliphatic carbocycles. The van der Waals surface area contributed by atoms with E-state index in [0.717, 1.165) is 19.8 Å². The lowest BCUT2D eigenvalue weighted by Crippen LogP contribution is -2.54. The van der Waals surface area contributed by atoms with Gasteiger partial charge in [0, 0.05) is 25.2 Å². The number of nitrogens with one attached hydrogen (secondary N) is 1. The van der Waals surface area contributed by atoms with Crippen LogP contribution in [0.2, 0.25) is 0 Å². The van der Waals surface area contributed by atoms with E-state index in [2.05, 4.69) is 26.1 Å². The lowest BCUT2D eigenvalue weighted by atomic mass is 9.88. The molecule has 0 radical (unpaired) electrons. The zero-order chi connectivity index (χ0) is 10.6. The largest absolute Gasteiger partial charge is 0.381 e. The van der Waals surface area contributed by atoms with Gasteiger partial charge in [-0.05, 0) is 25.2 Å². The van der Waals surface area contributed by atoms with E-state index in [1.165, 1.54) is 6.42 Å². The summed E-state index contributed by atoms with van der Waals surface area (Å²) in [6.07, 6.45) is 1.19. The fourth-order valence-corrected chi connectivity index (χ4v) is 1.63. The number of ether oxygens (including phenoxy) is 1. The van der Waals surface area contributed by atoms with E-state index in [1.807, 2.05) is 0 Å². The highest BCUT2D eigenvalue weighted by molar-refractivity contribution is 5.85. The standard InChI is InChI=1S/C11H24N2O.ClH/c1-9(2)11(3,8-12)13-6-10-4-5-14-7-10;/h9-10,13H,4-8,12H2,1-3H3;1H. The molecular formula is C11H25ClN2O. The van der Waals surface area contributed by atoms with Crippen LogP contribution in [0.15, 0.2) is 0 Å². The van der Waals surface area contributed by atoms with Crippen molar-refractivity contribution in [1.29, 1.82) is 0 Å². The molecule has 0 aromatic rings. The second kappa shape index (κ2) is 6.69. The van der Waals surface area contributed by atoms with E-state index >= 15 is 0 Å². The summed E-state index contributed by atoms with van der Waals surface area (Å²) >= 11 is 0. The number of halogens is 1. The molecule has 1 aliphatic heterocycles. The SMILES string of the molecule is CC(C)C(C)(CN)NCC1CCOC1.Cl. The van der Waals surface area contributed by atoms with Gasteiger partial charge in [-0.15, -0.1) is 12.4 Å². The highest BCUT2D eigenvalue weighted by atomic mass is 35.5. The van der Waals surface area contributed by atoms with Gasteiger partial charge in [-0.3, -0.25) is 0 Å². The van der Waals surface area contributed by atoms with Crippen LogP contribution in [0.3, 0.4) is 0 Å². The molecule has 15 heavy (non-hydrogen) atoms. The van der Waals surface area contributed by atoms with Crippen molar-refractivity contribution in [2.24, 2.45) is 17.6 Å². The molecule has 4 heteroatoms. The molecule has 0 aromatic carbocycles. The highest BCUT2D eigenvalue weighted by Crippen LogP contribution is 2.17. The summed E-state index contributed by atoms with van der Waals surface area (Å²) in [6, 6.07) is 0. The van der Waals surface area contributed by atoms with Crippen LogP contribution in [-0.4, -0.2) is 31.8 Å². The molecule has 1 heterocycles. The maximum absolute atomic E-state index is 5.80. The lowest BCUT2D eigenvalue weighted by molar-refractivity contribution is 0.179. The first kappa shape index (κ1) is 15.2. The summed E-state index contributed by atoms with van der Waals surface area (Å²) in [6.45, 7) is 10.2. The van der Waals surface area contributed by atoms with E-state index in [9.17, 15) is 0 Å². The van der Waals surface area contributed by atoms with E-state index in [1.54, 1.807) is 0 Å². The summed E-state index contributed by atoms with van der Waals surface area (Å²) in [4.78, 5) is 0.